The van der Waals surface area contributed by atoms with Crippen molar-refractivity contribution in [1.29, 1.82) is 0 Å². The van der Waals surface area contributed by atoms with Gasteiger partial charge in [-0.3, -0.25) is 4.79 Å². The number of carbonyl (C=O) groups excluding carboxylic acids is 1. The monoisotopic (exact) mass is 361 g/mol. The molecule has 0 radical (unpaired) electrons. The molecule has 2 aromatic heterocycles. The summed E-state index contributed by atoms with van der Waals surface area (Å²) in [5, 5.41) is 6.67. The fourth-order valence-corrected chi connectivity index (χ4v) is 3.79. The largest absolute Gasteiger partial charge is 0.354 e. The molecule has 0 aliphatic heterocycles. The summed E-state index contributed by atoms with van der Waals surface area (Å²) in [7, 11) is 4.13. The van der Waals surface area contributed by atoms with Crippen LogP contribution in [0.15, 0.2) is 64.3 Å². The zero-order valence-electron chi connectivity index (χ0n) is 14.7. The molecule has 1 amide bonds. The van der Waals surface area contributed by atoms with Crippen LogP contribution in [0.1, 0.15) is 15.9 Å². The first kappa shape index (κ1) is 16.7. The van der Waals surface area contributed by atoms with Gasteiger partial charge in [0, 0.05) is 28.2 Å². The number of hydrogen-bond donors (Lipinski definition) is 1. The number of amides is 1. The Morgan fingerprint density at radius 2 is 1.92 bits per heavy atom. The number of para-hydroxylation sites is 1. The van der Waals surface area contributed by atoms with Crippen LogP contribution in [0.5, 0.6) is 0 Å². The van der Waals surface area contributed by atoms with Crippen molar-refractivity contribution in [3.8, 4) is 0 Å². The molecular formula is C21H19N3OS. The van der Waals surface area contributed by atoms with Crippen molar-refractivity contribution in [3.05, 3.63) is 75.8 Å². The van der Waals surface area contributed by atoms with E-state index in [1.165, 1.54) is 22.3 Å². The van der Waals surface area contributed by atoms with Crippen molar-refractivity contribution in [3.63, 3.8) is 0 Å². The van der Waals surface area contributed by atoms with E-state index in [0.717, 1.165) is 23.0 Å². The number of aromatic nitrogens is 1. The van der Waals surface area contributed by atoms with Crippen LogP contribution in [-0.4, -0.2) is 29.9 Å². The van der Waals surface area contributed by atoms with Crippen molar-refractivity contribution < 1.29 is 4.79 Å². The van der Waals surface area contributed by atoms with E-state index in [1.807, 2.05) is 29.0 Å². The number of aromatic amines is 1. The summed E-state index contributed by atoms with van der Waals surface area (Å²) in [5.74, 6) is -0.213. The number of thiophene rings is 1. The van der Waals surface area contributed by atoms with Crippen LogP contribution in [0, 0.1) is 0 Å². The molecule has 5 heteroatoms. The lowest BCUT2D eigenvalue weighted by atomic mass is 10.1. The smallest absolute Gasteiger partial charge is 0.278 e. The van der Waals surface area contributed by atoms with E-state index >= 15 is 0 Å². The zero-order chi connectivity index (χ0) is 18.1. The third-order valence-electron chi connectivity index (χ3n) is 4.30. The van der Waals surface area contributed by atoms with Gasteiger partial charge in [-0.25, -0.2) is 4.99 Å². The van der Waals surface area contributed by atoms with Gasteiger partial charge in [0.1, 0.15) is 0 Å². The Bertz CT molecular complexity index is 1160. The molecule has 0 spiro atoms. The first-order chi connectivity index (χ1) is 12.6. The number of H-pyrrole nitrogens is 1. The van der Waals surface area contributed by atoms with Gasteiger partial charge >= 0.3 is 0 Å². The Kier molecular flexibility index (Phi) is 4.41. The minimum Gasteiger partial charge on any atom is -0.354 e. The van der Waals surface area contributed by atoms with Gasteiger partial charge in [0.2, 0.25) is 0 Å². The average molecular weight is 361 g/mol. The number of carbonyl (C=O) groups is 1. The molecule has 0 saturated carbocycles. The number of nitrogens with one attached hydrogen (secondary N) is 1. The lowest BCUT2D eigenvalue weighted by Crippen LogP contribution is -2.10. The van der Waals surface area contributed by atoms with Gasteiger partial charge in [-0.05, 0) is 43.2 Å². The van der Waals surface area contributed by atoms with Crippen LogP contribution < -0.4 is 5.36 Å². The predicted octanol–water partition coefficient (Wildman–Crippen LogP) is 4.19. The van der Waals surface area contributed by atoms with E-state index in [0.29, 0.717) is 10.9 Å². The van der Waals surface area contributed by atoms with Gasteiger partial charge in [-0.2, -0.15) is 11.3 Å². The first-order valence-electron chi connectivity index (χ1n) is 8.41. The van der Waals surface area contributed by atoms with Gasteiger partial charge in [-0.15, -0.1) is 0 Å². The van der Waals surface area contributed by atoms with Gasteiger partial charge in [0.25, 0.3) is 5.91 Å². The van der Waals surface area contributed by atoms with Gasteiger partial charge < -0.3 is 9.88 Å². The molecule has 2 aromatic carbocycles. The maximum atomic E-state index is 12.3. The second kappa shape index (κ2) is 6.86. The SMILES string of the molecule is CN(C)Cc1cccc2c1[nH]c1cc(=NC(=O)c3ccsc3)cccc12. The maximum Gasteiger partial charge on any atom is 0.278 e. The molecule has 0 fully saturated rings. The Labute approximate surface area is 155 Å². The molecule has 130 valence electrons. The number of hydrogen-bond acceptors (Lipinski definition) is 3. The third kappa shape index (κ3) is 3.19. The Balaban J connectivity index is 1.89. The molecule has 4 nitrogen and oxygen atoms in total. The summed E-state index contributed by atoms with van der Waals surface area (Å²) in [6.45, 7) is 0.865. The van der Waals surface area contributed by atoms with Crippen molar-refractivity contribution in [1.82, 2.24) is 9.88 Å². The normalized spacial score (nSPS) is 12.3. The summed E-state index contributed by atoms with van der Waals surface area (Å²) in [5.41, 5.74) is 3.99. The second-order valence-electron chi connectivity index (χ2n) is 6.55. The predicted molar refractivity (Wildman–Crippen MR) is 107 cm³/mol. The van der Waals surface area contributed by atoms with Gasteiger partial charge in [0.05, 0.1) is 16.4 Å². The van der Waals surface area contributed by atoms with Crippen LogP contribution in [0.25, 0.3) is 21.8 Å². The van der Waals surface area contributed by atoms with Crippen LogP contribution in [-0.2, 0) is 6.54 Å². The van der Waals surface area contributed by atoms with E-state index in [1.54, 1.807) is 6.07 Å². The standard InChI is InChI=1S/C21H19N3OS/c1-24(2)12-14-5-3-8-18-17-7-4-6-16(11-19(17)23-20(14)18)22-21(25)15-9-10-26-13-15/h3-11,13,23H,12H2,1-2H3. The van der Waals surface area contributed by atoms with E-state index in [-0.39, 0.29) is 5.91 Å². The molecule has 4 rings (SSSR count). The van der Waals surface area contributed by atoms with E-state index in [4.69, 9.17) is 0 Å². The van der Waals surface area contributed by atoms with Crippen molar-refractivity contribution in [2.75, 3.05) is 14.1 Å². The van der Waals surface area contributed by atoms with Gasteiger partial charge in [-0.1, -0.05) is 30.3 Å². The lowest BCUT2D eigenvalue weighted by molar-refractivity contribution is 0.0999. The molecule has 2 heterocycles. The molecule has 0 aliphatic rings. The molecule has 0 saturated heterocycles. The summed E-state index contributed by atoms with van der Waals surface area (Å²) >= 11 is 1.50. The van der Waals surface area contributed by atoms with E-state index in [2.05, 4.69) is 53.2 Å². The fourth-order valence-electron chi connectivity index (χ4n) is 3.16. The minimum absolute atomic E-state index is 0.213. The van der Waals surface area contributed by atoms with Crippen LogP contribution in [0.4, 0.5) is 0 Å². The fraction of sp³-hybridized carbons (Fsp3) is 0.143. The highest BCUT2D eigenvalue weighted by Gasteiger charge is 2.08. The molecule has 4 aromatic rings. The third-order valence-corrected chi connectivity index (χ3v) is 4.98. The Morgan fingerprint density at radius 3 is 2.69 bits per heavy atom. The lowest BCUT2D eigenvalue weighted by Gasteiger charge is -2.10. The maximum absolute atomic E-state index is 12.3. The number of fused-ring (bicyclic) bond motifs is 3. The molecule has 0 bridgehead atoms. The first-order valence-corrected chi connectivity index (χ1v) is 9.36. The van der Waals surface area contributed by atoms with Crippen LogP contribution in [0.2, 0.25) is 0 Å². The summed E-state index contributed by atoms with van der Waals surface area (Å²) in [6, 6.07) is 16.0. The molecule has 26 heavy (non-hydrogen) atoms. The minimum atomic E-state index is -0.213. The average Bonchev–Trinajstić information content (AvgIpc) is 3.20. The Hall–Kier alpha value is -2.76. The van der Waals surface area contributed by atoms with Crippen LogP contribution in [0.3, 0.4) is 0 Å². The molecule has 0 unspecified atom stereocenters. The summed E-state index contributed by atoms with van der Waals surface area (Å²) in [4.78, 5) is 22.2. The summed E-state index contributed by atoms with van der Waals surface area (Å²) < 4.78 is 0. The Morgan fingerprint density at radius 1 is 1.12 bits per heavy atom. The molecule has 0 atom stereocenters. The highest BCUT2D eigenvalue weighted by atomic mass is 32.1. The summed E-state index contributed by atoms with van der Waals surface area (Å²) in [6.07, 6.45) is 0. The van der Waals surface area contributed by atoms with Crippen molar-refractivity contribution in [2.45, 2.75) is 6.54 Å². The number of benzene rings is 1. The van der Waals surface area contributed by atoms with Crippen molar-refractivity contribution >= 4 is 39.0 Å². The zero-order valence-corrected chi connectivity index (χ0v) is 15.5. The van der Waals surface area contributed by atoms with Gasteiger partial charge in [0.15, 0.2) is 0 Å². The number of nitrogens with zero attached hydrogens (tertiary/aromatic N) is 2. The van der Waals surface area contributed by atoms with Crippen molar-refractivity contribution in [2.24, 2.45) is 4.99 Å². The molecular weight excluding hydrogens is 342 g/mol. The quantitative estimate of drug-likeness (QED) is 0.595. The molecule has 1 N–H and O–H groups in total. The van der Waals surface area contributed by atoms with Crippen LogP contribution >= 0.6 is 11.3 Å². The van der Waals surface area contributed by atoms with E-state index in [9.17, 15) is 4.79 Å². The second-order valence-corrected chi connectivity index (χ2v) is 7.33. The topological polar surface area (TPSA) is 48.5 Å². The molecule has 0 aliphatic carbocycles. The number of rotatable bonds is 3. The highest BCUT2D eigenvalue weighted by molar-refractivity contribution is 7.08. The highest BCUT2D eigenvalue weighted by Crippen LogP contribution is 2.27. The van der Waals surface area contributed by atoms with E-state index < -0.39 is 0 Å².